The molecule has 2 aliphatic heterocycles. The summed E-state index contributed by atoms with van der Waals surface area (Å²) in [6.45, 7) is 28.4. The van der Waals surface area contributed by atoms with E-state index in [0.717, 1.165) is 41.4 Å². The van der Waals surface area contributed by atoms with E-state index < -0.39 is 27.8 Å². The summed E-state index contributed by atoms with van der Waals surface area (Å²) < 4.78 is 6.29. The van der Waals surface area contributed by atoms with Gasteiger partial charge in [0.1, 0.15) is 15.8 Å². The number of hydrogen-bond donors (Lipinski definition) is 5. The van der Waals surface area contributed by atoms with E-state index in [2.05, 4.69) is 114 Å². The van der Waals surface area contributed by atoms with Crippen LogP contribution in [0.3, 0.4) is 0 Å². The number of ether oxygens (including phenoxy) is 1. The molecule has 14 heteroatoms. The van der Waals surface area contributed by atoms with Crippen LogP contribution in [0.4, 0.5) is 4.79 Å². The third-order valence-corrected chi connectivity index (χ3v) is 19.1. The highest BCUT2D eigenvalue weighted by Gasteiger charge is 2.55. The van der Waals surface area contributed by atoms with E-state index in [1.807, 2.05) is 27.7 Å². The highest BCUT2D eigenvalue weighted by atomic mass is 32.2. The molecule has 0 bridgehead atoms. The summed E-state index contributed by atoms with van der Waals surface area (Å²) in [5, 5.41) is 12.3. The molecule has 62 heavy (non-hydrogen) atoms. The van der Waals surface area contributed by atoms with Crippen LogP contribution in [0.5, 0.6) is 0 Å². The molecule has 0 saturated carbocycles. The molecule has 2 heterocycles. The third kappa shape index (κ3) is 14.0. The van der Waals surface area contributed by atoms with Crippen molar-refractivity contribution in [1.82, 2.24) is 21.3 Å². The molecule has 2 aliphatic rings. The fourth-order valence-corrected chi connectivity index (χ4v) is 13.9. The number of nitrogens with one attached hydrogen (secondary N) is 4. The first kappa shape index (κ1) is 54.3. The topological polar surface area (TPSA) is 152 Å². The Hall–Kier alpha value is -2.00. The van der Waals surface area contributed by atoms with Gasteiger partial charge in [-0.25, -0.2) is 4.79 Å². The number of benzene rings is 1. The Balaban J connectivity index is 1.71. The summed E-state index contributed by atoms with van der Waals surface area (Å²) in [6, 6.07) is 10.4. The van der Waals surface area contributed by atoms with Gasteiger partial charge in [-0.1, -0.05) is 118 Å². The molecular weight excluding hydrogens is 855 g/mol. The number of rotatable bonds is 25. The van der Waals surface area contributed by atoms with Crippen LogP contribution >= 0.6 is 47.5 Å². The number of thiocarbonyl (C=S) groups is 1. The largest absolute Gasteiger partial charge is 0.464 e. The minimum Gasteiger partial charge on any atom is -0.464 e. The molecular formula is C48H81N5O5S4. The fraction of sp³-hybridized carbons (Fsp3) is 0.771. The van der Waals surface area contributed by atoms with Gasteiger partial charge in [0.25, 0.3) is 0 Å². The van der Waals surface area contributed by atoms with Gasteiger partial charge in [0, 0.05) is 39.5 Å². The normalized spacial score (nSPS) is 21.3. The lowest BCUT2D eigenvalue weighted by atomic mass is 9.52. The number of carbonyl (C=O) groups excluding carboxylic acids is 4. The number of carbonyl (C=O) groups is 4. The van der Waals surface area contributed by atoms with Crippen LogP contribution in [0.25, 0.3) is 0 Å². The number of nitrogens with two attached hydrogens (primary N) is 1. The monoisotopic (exact) mass is 936 g/mol. The maximum absolute atomic E-state index is 14.6. The second-order valence-electron chi connectivity index (χ2n) is 20.6. The Bertz CT molecular complexity index is 1670. The molecule has 1 aromatic carbocycles. The van der Waals surface area contributed by atoms with Gasteiger partial charge >= 0.3 is 12.0 Å². The number of hydrogen-bond acceptors (Lipinski definition) is 10. The molecule has 0 spiro atoms. The zero-order valence-corrected chi connectivity index (χ0v) is 43.5. The van der Waals surface area contributed by atoms with E-state index in [9.17, 15) is 19.2 Å². The summed E-state index contributed by atoms with van der Waals surface area (Å²) in [4.78, 5) is 53.1. The maximum atomic E-state index is 14.6. The summed E-state index contributed by atoms with van der Waals surface area (Å²) in [6.07, 6.45) is 6.92. The van der Waals surface area contributed by atoms with E-state index in [0.29, 0.717) is 25.0 Å². The Kier molecular flexibility index (Phi) is 20.1. The highest BCUT2D eigenvalue weighted by Crippen LogP contribution is 2.58. The van der Waals surface area contributed by atoms with Crippen molar-refractivity contribution in [2.24, 2.45) is 33.3 Å². The second kappa shape index (κ2) is 22.9. The molecule has 1 aromatic rings. The van der Waals surface area contributed by atoms with Crippen molar-refractivity contribution in [2.45, 2.75) is 181 Å². The maximum Gasteiger partial charge on any atom is 0.316 e. The minimum absolute atomic E-state index is 0.0103. The molecule has 2 fully saturated rings. The van der Waals surface area contributed by atoms with Gasteiger partial charge in [-0.2, -0.15) is 11.8 Å². The van der Waals surface area contributed by atoms with Crippen molar-refractivity contribution in [2.75, 3.05) is 24.7 Å². The van der Waals surface area contributed by atoms with Crippen LogP contribution in [0.15, 0.2) is 30.3 Å². The lowest BCUT2D eigenvalue weighted by Gasteiger charge is -2.53. The molecule has 3 unspecified atom stereocenters. The number of esters is 1. The molecule has 6 N–H and O–H groups in total. The van der Waals surface area contributed by atoms with E-state index >= 15 is 0 Å². The Labute approximate surface area is 393 Å². The quantitative estimate of drug-likeness (QED) is 0.0277. The first-order valence-electron chi connectivity index (χ1n) is 22.9. The molecule has 10 nitrogen and oxygen atoms in total. The minimum atomic E-state index is -0.855. The van der Waals surface area contributed by atoms with Crippen molar-refractivity contribution in [3.63, 3.8) is 0 Å². The Morgan fingerprint density at radius 2 is 1.66 bits per heavy atom. The summed E-state index contributed by atoms with van der Waals surface area (Å²) in [7, 11) is 0. The summed E-state index contributed by atoms with van der Waals surface area (Å²) >= 11 is 11.3. The van der Waals surface area contributed by atoms with Crippen LogP contribution < -0.4 is 27.0 Å². The standard InChI is InChI=1S/C48H81N5O5S4/c1-14-16-28-60-42(59)62-46(11,12)34(33-22-18-17-19-23-33)29-43(5,6)44(7,8)35(39(55)51-32(3)4)30-47(13,15-2)45(9,10)40(56)50-26-27-58-37(54)25-21-20-24-36-38-48(49,31-61-36)53-41(57)52-38/h17-19,22-23,32,34-36,38H,14-16,20-21,24-31,49H2,1-13H3,(H,50,56)(H,51,55)(H2,52,53,57)/t34?,35?,36-,38+,47?,48-/m0/s1. The van der Waals surface area contributed by atoms with Crippen molar-refractivity contribution in [1.29, 1.82) is 0 Å². The molecule has 3 rings (SSSR count). The predicted octanol–water partition coefficient (Wildman–Crippen LogP) is 10.2. The van der Waals surface area contributed by atoms with Gasteiger partial charge in [0.05, 0.1) is 12.6 Å². The van der Waals surface area contributed by atoms with Crippen LogP contribution in [0.2, 0.25) is 0 Å². The van der Waals surface area contributed by atoms with Crippen molar-refractivity contribution in [3.05, 3.63) is 35.9 Å². The van der Waals surface area contributed by atoms with Gasteiger partial charge in [-0.15, -0.1) is 23.5 Å². The first-order chi connectivity index (χ1) is 28.8. The first-order valence-corrected chi connectivity index (χ1v) is 26.2. The molecule has 0 aromatic heterocycles. The summed E-state index contributed by atoms with van der Waals surface area (Å²) in [5.41, 5.74) is 4.67. The van der Waals surface area contributed by atoms with E-state index in [4.69, 9.17) is 22.7 Å². The average Bonchev–Trinajstić information content (AvgIpc) is 3.65. The molecule has 4 amide bonds. The van der Waals surface area contributed by atoms with Crippen LogP contribution in [0.1, 0.15) is 159 Å². The van der Waals surface area contributed by atoms with E-state index in [1.165, 1.54) is 5.56 Å². The van der Waals surface area contributed by atoms with Gasteiger partial charge in [-0.05, 0) is 99.7 Å². The number of unbranched alkanes of at least 4 members (excludes halogenated alkanes) is 2. The molecule has 0 radical (unpaired) electrons. The van der Waals surface area contributed by atoms with Gasteiger partial charge in [-0.3, -0.25) is 14.4 Å². The third-order valence-electron chi connectivity index (χ3n) is 14.6. The lowest BCUT2D eigenvalue weighted by molar-refractivity contribution is -0.147. The number of urea groups is 1. The zero-order valence-electron chi connectivity index (χ0n) is 40.2. The van der Waals surface area contributed by atoms with Gasteiger partial charge < -0.3 is 31.7 Å². The molecule has 2 saturated heterocycles. The summed E-state index contributed by atoms with van der Waals surface area (Å²) in [5.74, 6) is 1.01. The second-order valence-corrected chi connectivity index (χ2v) is 25.8. The zero-order chi connectivity index (χ0) is 46.7. The number of amides is 4. The van der Waals surface area contributed by atoms with E-state index in [1.54, 1.807) is 35.3 Å². The van der Waals surface area contributed by atoms with Crippen LogP contribution in [-0.2, 0) is 19.1 Å². The Morgan fingerprint density at radius 1 is 1.00 bits per heavy atom. The fourth-order valence-electron chi connectivity index (χ4n) is 8.91. The molecule has 0 aliphatic carbocycles. The van der Waals surface area contributed by atoms with E-state index in [-0.39, 0.29) is 76.8 Å². The highest BCUT2D eigenvalue weighted by molar-refractivity contribution is 8.47. The van der Waals surface area contributed by atoms with Crippen molar-refractivity contribution < 1.29 is 23.9 Å². The van der Waals surface area contributed by atoms with Crippen LogP contribution in [0, 0.1) is 27.6 Å². The SMILES string of the molecule is CCCCSC(=S)SC(C)(C)C(CC(C)(C)C(C)(C)C(CC(C)(CC)C(C)(C)C(=O)NCCOC(=O)CCCC[C@@H]1SC[C@]2(N)NC(=O)N[C@H]12)C(=O)NC(C)C)c1ccccc1. The van der Waals surface area contributed by atoms with Crippen LogP contribution in [-0.4, -0.2) is 79.7 Å². The average molecular weight is 936 g/mol. The smallest absolute Gasteiger partial charge is 0.316 e. The number of fused-ring (bicyclic) bond motifs is 1. The predicted molar refractivity (Wildman–Crippen MR) is 268 cm³/mol. The van der Waals surface area contributed by atoms with Crippen molar-refractivity contribution in [3.8, 4) is 0 Å². The van der Waals surface area contributed by atoms with Gasteiger partial charge in [0.2, 0.25) is 11.8 Å². The molecule has 6 atom stereocenters. The van der Waals surface area contributed by atoms with Gasteiger partial charge in [0.15, 0.2) is 0 Å². The Morgan fingerprint density at radius 3 is 2.27 bits per heavy atom. The lowest BCUT2D eigenvalue weighted by Crippen LogP contribution is -2.58. The molecule has 352 valence electrons. The van der Waals surface area contributed by atoms with Crippen molar-refractivity contribution >= 4 is 74.8 Å². The number of thioether (sulfide) groups is 3.